The first-order chi connectivity index (χ1) is 10.4. The van der Waals surface area contributed by atoms with Gasteiger partial charge < -0.3 is 10.2 Å². The molecule has 0 spiro atoms. The molecular formula is C16H22N4S. The van der Waals surface area contributed by atoms with Gasteiger partial charge in [0.2, 0.25) is 0 Å². The van der Waals surface area contributed by atoms with Gasteiger partial charge in [-0.3, -0.25) is 4.98 Å². The van der Waals surface area contributed by atoms with Crippen LogP contribution in [0.2, 0.25) is 0 Å². The number of nitrogens with zero attached hydrogens (tertiary/aromatic N) is 3. The van der Waals surface area contributed by atoms with Crippen molar-refractivity contribution in [2.24, 2.45) is 0 Å². The minimum atomic E-state index is 0.851. The van der Waals surface area contributed by atoms with E-state index in [1.165, 1.54) is 38.9 Å². The first kappa shape index (κ1) is 14.6. The lowest BCUT2D eigenvalue weighted by molar-refractivity contribution is 0.331. The number of hydrogen-bond acceptors (Lipinski definition) is 5. The highest BCUT2D eigenvalue weighted by molar-refractivity contribution is 7.13. The Morgan fingerprint density at radius 1 is 1.24 bits per heavy atom. The Kier molecular flexibility index (Phi) is 5.32. The highest BCUT2D eigenvalue weighted by Crippen LogP contribution is 2.21. The Morgan fingerprint density at radius 3 is 2.95 bits per heavy atom. The van der Waals surface area contributed by atoms with E-state index in [1.807, 2.05) is 24.4 Å². The van der Waals surface area contributed by atoms with Gasteiger partial charge in [-0.25, -0.2) is 4.98 Å². The molecular weight excluding hydrogens is 280 g/mol. The smallest absolute Gasteiger partial charge is 0.142 e. The third-order valence-corrected chi connectivity index (χ3v) is 4.68. The first-order valence-corrected chi connectivity index (χ1v) is 8.59. The van der Waals surface area contributed by atoms with Crippen molar-refractivity contribution < 1.29 is 0 Å². The van der Waals surface area contributed by atoms with Crippen molar-refractivity contribution in [1.29, 1.82) is 0 Å². The average Bonchev–Trinajstić information content (AvgIpc) is 3.19. The van der Waals surface area contributed by atoms with E-state index >= 15 is 0 Å². The molecule has 1 N–H and O–H groups in total. The fourth-order valence-corrected chi connectivity index (χ4v) is 3.44. The molecule has 0 bridgehead atoms. The summed E-state index contributed by atoms with van der Waals surface area (Å²) in [4.78, 5) is 11.5. The molecule has 2 aromatic rings. The summed E-state index contributed by atoms with van der Waals surface area (Å²) < 4.78 is 0. The summed E-state index contributed by atoms with van der Waals surface area (Å²) in [7, 11) is 0. The third kappa shape index (κ3) is 4.33. The molecule has 0 aromatic carbocycles. The molecule has 4 nitrogen and oxygen atoms in total. The zero-order valence-electron chi connectivity index (χ0n) is 12.3. The van der Waals surface area contributed by atoms with Gasteiger partial charge in [0, 0.05) is 18.1 Å². The van der Waals surface area contributed by atoms with Crippen molar-refractivity contribution in [2.75, 3.05) is 26.2 Å². The van der Waals surface area contributed by atoms with E-state index in [9.17, 15) is 0 Å². The van der Waals surface area contributed by atoms with Crippen LogP contribution in [0.15, 0.2) is 29.8 Å². The SMILES string of the molecule is c1ccc(-c2nc(CNCCCN3CCCC3)cs2)nc1. The summed E-state index contributed by atoms with van der Waals surface area (Å²) >= 11 is 1.67. The minimum absolute atomic E-state index is 0.851. The molecule has 0 unspecified atom stereocenters. The van der Waals surface area contributed by atoms with E-state index in [2.05, 4.69) is 25.6 Å². The molecule has 2 aromatic heterocycles. The van der Waals surface area contributed by atoms with Crippen molar-refractivity contribution in [2.45, 2.75) is 25.8 Å². The van der Waals surface area contributed by atoms with E-state index < -0.39 is 0 Å². The topological polar surface area (TPSA) is 41.1 Å². The van der Waals surface area contributed by atoms with Gasteiger partial charge in [-0.15, -0.1) is 11.3 Å². The van der Waals surface area contributed by atoms with Gasteiger partial charge >= 0.3 is 0 Å². The van der Waals surface area contributed by atoms with Gasteiger partial charge in [0.25, 0.3) is 0 Å². The summed E-state index contributed by atoms with van der Waals surface area (Å²) in [6, 6.07) is 5.94. The number of thiazole rings is 1. The molecule has 0 amide bonds. The van der Waals surface area contributed by atoms with E-state index in [0.717, 1.165) is 29.5 Å². The lowest BCUT2D eigenvalue weighted by atomic mass is 10.3. The van der Waals surface area contributed by atoms with Crippen molar-refractivity contribution in [3.63, 3.8) is 0 Å². The fraction of sp³-hybridized carbons (Fsp3) is 0.500. The average molecular weight is 302 g/mol. The molecule has 3 rings (SSSR count). The van der Waals surface area contributed by atoms with E-state index in [-0.39, 0.29) is 0 Å². The Hall–Kier alpha value is -1.30. The van der Waals surface area contributed by atoms with Crippen molar-refractivity contribution in [3.05, 3.63) is 35.5 Å². The molecule has 1 fully saturated rings. The molecule has 21 heavy (non-hydrogen) atoms. The monoisotopic (exact) mass is 302 g/mol. The van der Waals surface area contributed by atoms with Crippen LogP contribution < -0.4 is 5.32 Å². The van der Waals surface area contributed by atoms with Gasteiger partial charge in [0.1, 0.15) is 5.01 Å². The fourth-order valence-electron chi connectivity index (χ4n) is 2.65. The summed E-state index contributed by atoms with van der Waals surface area (Å²) in [6.45, 7) is 5.72. The first-order valence-electron chi connectivity index (χ1n) is 7.71. The number of nitrogens with one attached hydrogen (secondary N) is 1. The molecule has 1 aliphatic heterocycles. The predicted molar refractivity (Wildman–Crippen MR) is 87.3 cm³/mol. The number of likely N-dealkylation sites (tertiary alicyclic amines) is 1. The Balaban J connectivity index is 1.39. The predicted octanol–water partition coefficient (Wildman–Crippen LogP) is 2.78. The zero-order valence-corrected chi connectivity index (χ0v) is 13.1. The molecule has 3 heterocycles. The van der Waals surface area contributed by atoms with Gasteiger partial charge in [0.05, 0.1) is 11.4 Å². The molecule has 0 radical (unpaired) electrons. The second kappa shape index (κ2) is 7.64. The largest absolute Gasteiger partial charge is 0.311 e. The Labute approximate surface area is 130 Å². The van der Waals surface area contributed by atoms with Crippen LogP contribution in [-0.2, 0) is 6.54 Å². The molecule has 112 valence electrons. The number of pyridine rings is 1. The number of rotatable bonds is 7. The molecule has 1 aliphatic rings. The zero-order chi connectivity index (χ0) is 14.3. The van der Waals surface area contributed by atoms with Crippen LogP contribution in [0.1, 0.15) is 25.0 Å². The van der Waals surface area contributed by atoms with Crippen LogP contribution in [0, 0.1) is 0 Å². The van der Waals surface area contributed by atoms with E-state index in [0.29, 0.717) is 0 Å². The second-order valence-electron chi connectivity index (χ2n) is 5.44. The Morgan fingerprint density at radius 2 is 2.14 bits per heavy atom. The van der Waals surface area contributed by atoms with E-state index in [4.69, 9.17) is 0 Å². The summed E-state index contributed by atoms with van der Waals surface area (Å²) in [5.41, 5.74) is 2.07. The summed E-state index contributed by atoms with van der Waals surface area (Å²) in [6.07, 6.45) is 5.79. The van der Waals surface area contributed by atoms with Gasteiger partial charge in [-0.05, 0) is 57.6 Å². The van der Waals surface area contributed by atoms with Crippen molar-refractivity contribution in [1.82, 2.24) is 20.2 Å². The van der Waals surface area contributed by atoms with Gasteiger partial charge in [-0.2, -0.15) is 0 Å². The van der Waals surface area contributed by atoms with Crippen LogP contribution in [0.25, 0.3) is 10.7 Å². The van der Waals surface area contributed by atoms with Crippen molar-refractivity contribution >= 4 is 11.3 Å². The maximum atomic E-state index is 4.64. The van der Waals surface area contributed by atoms with E-state index in [1.54, 1.807) is 11.3 Å². The lowest BCUT2D eigenvalue weighted by Crippen LogP contribution is -2.24. The van der Waals surface area contributed by atoms with Crippen LogP contribution in [0.4, 0.5) is 0 Å². The molecule has 0 aliphatic carbocycles. The van der Waals surface area contributed by atoms with Gasteiger partial charge in [0.15, 0.2) is 0 Å². The lowest BCUT2D eigenvalue weighted by Gasteiger charge is -2.13. The van der Waals surface area contributed by atoms with Crippen molar-refractivity contribution in [3.8, 4) is 10.7 Å². The quantitative estimate of drug-likeness (QED) is 0.799. The third-order valence-electron chi connectivity index (χ3n) is 3.77. The highest BCUT2D eigenvalue weighted by atomic mass is 32.1. The second-order valence-corrected chi connectivity index (χ2v) is 6.30. The minimum Gasteiger partial charge on any atom is -0.311 e. The molecule has 0 atom stereocenters. The maximum Gasteiger partial charge on any atom is 0.142 e. The molecule has 5 heteroatoms. The standard InChI is InChI=1S/C16H22N4S/c1-2-8-18-15(6-1)16-19-14(13-21-16)12-17-7-5-11-20-9-3-4-10-20/h1-2,6,8,13,17H,3-5,7,9-12H2. The summed E-state index contributed by atoms with van der Waals surface area (Å²) in [5, 5.41) is 6.61. The molecule has 0 saturated carbocycles. The summed E-state index contributed by atoms with van der Waals surface area (Å²) in [5.74, 6) is 0. The van der Waals surface area contributed by atoms with Crippen LogP contribution >= 0.6 is 11.3 Å². The van der Waals surface area contributed by atoms with Gasteiger partial charge in [-0.1, -0.05) is 6.07 Å². The highest BCUT2D eigenvalue weighted by Gasteiger charge is 2.10. The van der Waals surface area contributed by atoms with Crippen LogP contribution in [-0.4, -0.2) is 41.0 Å². The number of hydrogen-bond donors (Lipinski definition) is 1. The van der Waals surface area contributed by atoms with Crippen LogP contribution in [0.3, 0.4) is 0 Å². The van der Waals surface area contributed by atoms with Crippen LogP contribution in [0.5, 0.6) is 0 Å². The number of aromatic nitrogens is 2. The normalized spacial score (nSPS) is 15.6. The molecule has 1 saturated heterocycles. The Bertz CT molecular complexity index is 534. The maximum absolute atomic E-state index is 4.64.